The van der Waals surface area contributed by atoms with Crippen LogP contribution in [0.15, 0.2) is 4.90 Å². The first-order chi connectivity index (χ1) is 8.25. The molecule has 1 aromatic heterocycles. The molecular formula is C10H16ClN3O3S. The molecule has 0 amide bonds. The molecule has 102 valence electrons. The first-order valence-corrected chi connectivity index (χ1v) is 7.52. The molecule has 0 unspecified atom stereocenters. The Kier molecular flexibility index (Phi) is 3.44. The van der Waals surface area contributed by atoms with E-state index in [1.165, 1.54) is 4.68 Å². The molecule has 1 fully saturated rings. The maximum absolute atomic E-state index is 12.1. The van der Waals surface area contributed by atoms with Crippen molar-refractivity contribution in [2.45, 2.75) is 36.7 Å². The van der Waals surface area contributed by atoms with Crippen molar-refractivity contribution in [3.8, 4) is 0 Å². The van der Waals surface area contributed by atoms with E-state index in [9.17, 15) is 13.5 Å². The fraction of sp³-hybridized carbons (Fsp3) is 0.700. The molecule has 0 bridgehead atoms. The zero-order valence-electron chi connectivity index (χ0n) is 10.3. The van der Waals surface area contributed by atoms with Crippen LogP contribution in [-0.2, 0) is 17.1 Å². The first-order valence-electron chi connectivity index (χ1n) is 5.66. The zero-order chi connectivity index (χ0) is 13.6. The van der Waals surface area contributed by atoms with E-state index in [4.69, 9.17) is 11.6 Å². The number of hydrogen-bond donors (Lipinski definition) is 2. The summed E-state index contributed by atoms with van der Waals surface area (Å²) in [6, 6.07) is 0. The Labute approximate surface area is 111 Å². The minimum absolute atomic E-state index is 0.0139. The van der Waals surface area contributed by atoms with E-state index in [-0.39, 0.29) is 16.6 Å². The number of nitrogens with one attached hydrogen (secondary N) is 1. The molecule has 6 nitrogen and oxygen atoms in total. The fourth-order valence-electron chi connectivity index (χ4n) is 1.98. The minimum Gasteiger partial charge on any atom is -0.389 e. The fourth-order valence-corrected chi connectivity index (χ4v) is 3.84. The van der Waals surface area contributed by atoms with E-state index in [2.05, 4.69) is 9.82 Å². The van der Waals surface area contributed by atoms with Gasteiger partial charge in [0.25, 0.3) is 0 Å². The van der Waals surface area contributed by atoms with Crippen LogP contribution < -0.4 is 4.72 Å². The van der Waals surface area contributed by atoms with Gasteiger partial charge in [-0.3, -0.25) is 4.68 Å². The Morgan fingerprint density at radius 2 is 2.17 bits per heavy atom. The van der Waals surface area contributed by atoms with Crippen molar-refractivity contribution >= 4 is 21.6 Å². The third-order valence-electron chi connectivity index (χ3n) is 3.24. The second-order valence-corrected chi connectivity index (χ2v) is 6.79. The lowest BCUT2D eigenvalue weighted by molar-refractivity contribution is -0.0270. The molecule has 0 saturated heterocycles. The standard InChI is InChI=1S/C10H16ClN3O3S/c1-7-8(9(11)14(2)13-7)18(16,17)12-6-10(15)4-3-5-10/h12,15H,3-6H2,1-2H3. The summed E-state index contributed by atoms with van der Waals surface area (Å²) >= 11 is 5.92. The Balaban J connectivity index is 2.20. The molecule has 8 heteroatoms. The molecule has 2 rings (SSSR count). The van der Waals surface area contributed by atoms with Crippen LogP contribution in [0.25, 0.3) is 0 Å². The molecule has 18 heavy (non-hydrogen) atoms. The normalized spacial score (nSPS) is 18.7. The van der Waals surface area contributed by atoms with E-state index in [1.807, 2.05) is 0 Å². The maximum Gasteiger partial charge on any atom is 0.245 e. The van der Waals surface area contributed by atoms with Gasteiger partial charge in [-0.15, -0.1) is 0 Å². The van der Waals surface area contributed by atoms with Crippen LogP contribution in [-0.4, -0.2) is 35.5 Å². The zero-order valence-corrected chi connectivity index (χ0v) is 11.8. The molecular weight excluding hydrogens is 278 g/mol. The number of rotatable bonds is 4. The topological polar surface area (TPSA) is 84.2 Å². The quantitative estimate of drug-likeness (QED) is 0.850. The predicted octanol–water partition coefficient (Wildman–Crippen LogP) is 0.575. The molecule has 1 saturated carbocycles. The van der Waals surface area contributed by atoms with Crippen molar-refractivity contribution in [2.24, 2.45) is 7.05 Å². The molecule has 0 radical (unpaired) electrons. The smallest absolute Gasteiger partial charge is 0.245 e. The summed E-state index contributed by atoms with van der Waals surface area (Å²) < 4.78 is 27.9. The van der Waals surface area contributed by atoms with Gasteiger partial charge in [-0.1, -0.05) is 11.6 Å². The third kappa shape index (κ3) is 2.40. The Morgan fingerprint density at radius 1 is 1.56 bits per heavy atom. The lowest BCUT2D eigenvalue weighted by atomic mass is 9.81. The van der Waals surface area contributed by atoms with Crippen molar-refractivity contribution in [1.29, 1.82) is 0 Å². The van der Waals surface area contributed by atoms with Gasteiger partial charge in [-0.2, -0.15) is 5.10 Å². The van der Waals surface area contributed by atoms with Crippen molar-refractivity contribution in [2.75, 3.05) is 6.54 Å². The van der Waals surface area contributed by atoms with Gasteiger partial charge in [0.1, 0.15) is 10.0 Å². The van der Waals surface area contributed by atoms with Crippen LogP contribution in [0, 0.1) is 6.92 Å². The van der Waals surface area contributed by atoms with Gasteiger partial charge in [0.15, 0.2) is 0 Å². The van der Waals surface area contributed by atoms with Crippen LogP contribution in [0.1, 0.15) is 25.0 Å². The average molecular weight is 294 g/mol. The molecule has 0 aromatic carbocycles. The Bertz CT molecular complexity index is 563. The van der Waals surface area contributed by atoms with E-state index in [0.29, 0.717) is 18.5 Å². The third-order valence-corrected chi connectivity index (χ3v) is 5.34. The summed E-state index contributed by atoms with van der Waals surface area (Å²) in [4.78, 5) is -0.0189. The summed E-state index contributed by atoms with van der Waals surface area (Å²) in [7, 11) is -2.16. The minimum atomic E-state index is -3.74. The van der Waals surface area contributed by atoms with Gasteiger partial charge in [-0.05, 0) is 26.2 Å². The molecule has 1 aliphatic rings. The van der Waals surface area contributed by atoms with E-state index in [0.717, 1.165) is 6.42 Å². The van der Waals surface area contributed by atoms with Crippen LogP contribution >= 0.6 is 11.6 Å². The monoisotopic (exact) mass is 293 g/mol. The van der Waals surface area contributed by atoms with Crippen molar-refractivity contribution < 1.29 is 13.5 Å². The number of aromatic nitrogens is 2. The van der Waals surface area contributed by atoms with E-state index in [1.54, 1.807) is 14.0 Å². The summed E-state index contributed by atoms with van der Waals surface area (Å²) in [6.07, 6.45) is 2.16. The molecule has 0 atom stereocenters. The number of aryl methyl sites for hydroxylation is 2. The lowest BCUT2D eigenvalue weighted by Crippen LogP contribution is -2.47. The molecule has 2 N–H and O–H groups in total. The highest BCUT2D eigenvalue weighted by molar-refractivity contribution is 7.89. The summed E-state index contributed by atoms with van der Waals surface area (Å²) in [6.45, 7) is 1.60. The number of hydrogen-bond acceptors (Lipinski definition) is 4. The number of aliphatic hydroxyl groups is 1. The molecule has 1 aromatic rings. The Morgan fingerprint density at radius 3 is 2.56 bits per heavy atom. The highest BCUT2D eigenvalue weighted by Crippen LogP contribution is 2.31. The highest BCUT2D eigenvalue weighted by atomic mass is 35.5. The van der Waals surface area contributed by atoms with Crippen molar-refractivity contribution in [1.82, 2.24) is 14.5 Å². The molecule has 1 aliphatic carbocycles. The van der Waals surface area contributed by atoms with Crippen LogP contribution in [0.3, 0.4) is 0 Å². The molecule has 0 spiro atoms. The SMILES string of the molecule is Cc1nn(C)c(Cl)c1S(=O)(=O)NCC1(O)CCC1. The van der Waals surface area contributed by atoms with Crippen LogP contribution in [0.5, 0.6) is 0 Å². The summed E-state index contributed by atoms with van der Waals surface area (Å²) in [5, 5.41) is 13.9. The number of nitrogens with zero attached hydrogens (tertiary/aromatic N) is 2. The van der Waals surface area contributed by atoms with E-state index >= 15 is 0 Å². The van der Waals surface area contributed by atoms with Gasteiger partial charge in [0.05, 0.1) is 11.3 Å². The first kappa shape index (κ1) is 13.8. The lowest BCUT2D eigenvalue weighted by Gasteiger charge is -2.36. The second-order valence-electron chi connectivity index (χ2n) is 4.73. The highest BCUT2D eigenvalue weighted by Gasteiger charge is 2.36. The summed E-state index contributed by atoms with van der Waals surface area (Å²) in [5.74, 6) is 0. The predicted molar refractivity (Wildman–Crippen MR) is 66.9 cm³/mol. The van der Waals surface area contributed by atoms with Gasteiger partial charge in [-0.25, -0.2) is 13.1 Å². The Hall–Kier alpha value is -0.630. The van der Waals surface area contributed by atoms with E-state index < -0.39 is 15.6 Å². The van der Waals surface area contributed by atoms with Crippen LogP contribution in [0.2, 0.25) is 5.15 Å². The van der Waals surface area contributed by atoms with Gasteiger partial charge in [0, 0.05) is 13.6 Å². The van der Waals surface area contributed by atoms with Crippen LogP contribution in [0.4, 0.5) is 0 Å². The molecule has 0 aliphatic heterocycles. The average Bonchev–Trinajstić information content (AvgIpc) is 2.48. The van der Waals surface area contributed by atoms with Gasteiger partial charge in [0.2, 0.25) is 10.0 Å². The number of sulfonamides is 1. The maximum atomic E-state index is 12.1. The number of halogens is 1. The largest absolute Gasteiger partial charge is 0.389 e. The second kappa shape index (κ2) is 4.48. The van der Waals surface area contributed by atoms with Gasteiger partial charge < -0.3 is 5.11 Å². The molecule has 1 heterocycles. The summed E-state index contributed by atoms with van der Waals surface area (Å²) in [5.41, 5.74) is -0.564. The van der Waals surface area contributed by atoms with Crippen molar-refractivity contribution in [3.05, 3.63) is 10.8 Å². The van der Waals surface area contributed by atoms with Crippen molar-refractivity contribution in [3.63, 3.8) is 0 Å². The van der Waals surface area contributed by atoms with Gasteiger partial charge >= 0.3 is 0 Å².